The fraction of sp³-hybridized carbons (Fsp3) is 0.318. The van der Waals surface area contributed by atoms with Crippen LogP contribution in [-0.2, 0) is 9.59 Å². The monoisotopic (exact) mass is 429 g/mol. The van der Waals surface area contributed by atoms with Crippen molar-refractivity contribution >= 4 is 29.1 Å². The summed E-state index contributed by atoms with van der Waals surface area (Å²) >= 11 is 6.08. The molecule has 1 unspecified atom stereocenters. The fourth-order valence-corrected chi connectivity index (χ4v) is 3.67. The number of pyridine rings is 1. The number of aliphatic hydroxyl groups excluding tert-OH is 1. The highest BCUT2D eigenvalue weighted by Gasteiger charge is 2.46. The summed E-state index contributed by atoms with van der Waals surface area (Å²) in [6, 6.07) is 9.19. The van der Waals surface area contributed by atoms with Crippen LogP contribution < -0.4 is 4.74 Å². The Bertz CT molecular complexity index is 976. The van der Waals surface area contributed by atoms with E-state index in [-0.39, 0.29) is 11.3 Å². The van der Waals surface area contributed by atoms with E-state index in [0.29, 0.717) is 35.0 Å². The summed E-state index contributed by atoms with van der Waals surface area (Å²) < 4.78 is 5.21. The Morgan fingerprint density at radius 1 is 1.27 bits per heavy atom. The van der Waals surface area contributed by atoms with Gasteiger partial charge < -0.3 is 19.6 Å². The van der Waals surface area contributed by atoms with Gasteiger partial charge in [-0.25, -0.2) is 0 Å². The molecule has 1 N–H and O–H groups in total. The summed E-state index contributed by atoms with van der Waals surface area (Å²) in [6.07, 6.45) is 2.28. The molecule has 158 valence electrons. The van der Waals surface area contributed by atoms with Crippen LogP contribution in [0.4, 0.5) is 0 Å². The molecule has 0 radical (unpaired) electrons. The fourth-order valence-electron chi connectivity index (χ4n) is 3.48. The normalized spacial score (nSPS) is 18.3. The summed E-state index contributed by atoms with van der Waals surface area (Å²) in [5.74, 6) is -1.31. The molecular formula is C22H24ClN3O4. The first kappa shape index (κ1) is 21.8. The van der Waals surface area contributed by atoms with Crippen LogP contribution in [0.5, 0.6) is 5.75 Å². The number of ketones is 1. The van der Waals surface area contributed by atoms with Gasteiger partial charge in [-0.3, -0.25) is 14.6 Å². The molecule has 30 heavy (non-hydrogen) atoms. The topological polar surface area (TPSA) is 83.0 Å². The van der Waals surface area contributed by atoms with Crippen LogP contribution in [0, 0.1) is 0 Å². The minimum Gasteiger partial charge on any atom is -0.507 e. The summed E-state index contributed by atoms with van der Waals surface area (Å²) in [4.78, 5) is 33.6. The van der Waals surface area contributed by atoms with Crippen molar-refractivity contribution in [1.82, 2.24) is 14.8 Å². The van der Waals surface area contributed by atoms with Crippen molar-refractivity contribution in [3.05, 3.63) is 64.4 Å². The van der Waals surface area contributed by atoms with Crippen molar-refractivity contribution in [2.45, 2.75) is 12.5 Å². The number of aromatic nitrogens is 1. The number of likely N-dealkylation sites (tertiary alicyclic amines) is 1. The second-order valence-corrected chi connectivity index (χ2v) is 7.66. The van der Waals surface area contributed by atoms with Crippen molar-refractivity contribution in [3.8, 4) is 5.75 Å². The van der Waals surface area contributed by atoms with Crippen molar-refractivity contribution in [2.75, 3.05) is 34.3 Å². The predicted molar refractivity (Wildman–Crippen MR) is 114 cm³/mol. The molecule has 1 fully saturated rings. The average Bonchev–Trinajstić information content (AvgIpc) is 2.99. The number of rotatable bonds is 7. The Labute approximate surface area is 180 Å². The number of aliphatic hydroxyl groups is 1. The van der Waals surface area contributed by atoms with E-state index >= 15 is 0 Å². The predicted octanol–water partition coefficient (Wildman–Crippen LogP) is 3.12. The van der Waals surface area contributed by atoms with Gasteiger partial charge in [0.2, 0.25) is 0 Å². The van der Waals surface area contributed by atoms with Crippen molar-refractivity contribution < 1.29 is 19.4 Å². The Morgan fingerprint density at radius 3 is 2.67 bits per heavy atom. The minimum atomic E-state index is -0.768. The molecule has 0 saturated carbocycles. The molecule has 0 spiro atoms. The summed E-state index contributed by atoms with van der Waals surface area (Å²) in [5, 5.41) is 11.4. The van der Waals surface area contributed by atoms with E-state index in [2.05, 4.69) is 4.98 Å². The molecular weight excluding hydrogens is 406 g/mol. The van der Waals surface area contributed by atoms with Gasteiger partial charge in [-0.2, -0.15) is 0 Å². The van der Waals surface area contributed by atoms with Crippen LogP contribution in [0.1, 0.15) is 23.7 Å². The van der Waals surface area contributed by atoms with E-state index in [1.54, 1.807) is 36.5 Å². The number of ether oxygens (including phenoxy) is 1. The highest BCUT2D eigenvalue weighted by molar-refractivity contribution is 6.46. The highest BCUT2D eigenvalue weighted by Crippen LogP contribution is 2.39. The third-order valence-corrected chi connectivity index (χ3v) is 5.25. The molecule has 0 aliphatic carbocycles. The lowest BCUT2D eigenvalue weighted by Crippen LogP contribution is -2.32. The number of amides is 1. The first-order chi connectivity index (χ1) is 14.3. The molecule has 0 bridgehead atoms. The first-order valence-corrected chi connectivity index (χ1v) is 9.91. The molecule has 2 heterocycles. The molecule has 1 aromatic carbocycles. The van der Waals surface area contributed by atoms with E-state index in [1.165, 1.54) is 18.1 Å². The highest BCUT2D eigenvalue weighted by atomic mass is 35.5. The number of halogens is 1. The van der Waals surface area contributed by atoms with Crippen LogP contribution in [0.2, 0.25) is 5.02 Å². The van der Waals surface area contributed by atoms with Gasteiger partial charge >= 0.3 is 0 Å². The van der Waals surface area contributed by atoms with Gasteiger partial charge in [-0.1, -0.05) is 17.7 Å². The van der Waals surface area contributed by atoms with Crippen LogP contribution in [0.3, 0.4) is 0 Å². The third kappa shape index (κ3) is 4.32. The summed E-state index contributed by atoms with van der Waals surface area (Å²) in [7, 11) is 5.35. The van der Waals surface area contributed by atoms with E-state index in [0.717, 1.165) is 6.54 Å². The van der Waals surface area contributed by atoms with Crippen LogP contribution in [0.25, 0.3) is 5.76 Å². The first-order valence-electron chi connectivity index (χ1n) is 9.53. The van der Waals surface area contributed by atoms with Gasteiger partial charge in [0, 0.05) is 18.3 Å². The lowest BCUT2D eigenvalue weighted by Gasteiger charge is -2.25. The summed E-state index contributed by atoms with van der Waals surface area (Å²) in [6.45, 7) is 1.12. The molecule has 1 saturated heterocycles. The Hall–Kier alpha value is -2.90. The van der Waals surface area contributed by atoms with Crippen LogP contribution >= 0.6 is 11.6 Å². The number of nitrogens with zero attached hydrogens (tertiary/aromatic N) is 3. The maximum absolute atomic E-state index is 12.9. The van der Waals surface area contributed by atoms with Crippen LogP contribution in [0.15, 0.2) is 48.2 Å². The summed E-state index contributed by atoms with van der Waals surface area (Å²) in [5.41, 5.74) is 0.862. The second kappa shape index (κ2) is 9.28. The standard InChI is InChI=1S/C22H24ClN3O4/c1-25(2)11-6-12-26-19(16-7-4-5-10-24-16)18(21(28)22(26)29)20(27)14-8-9-15(23)17(13-14)30-3/h4-5,7-10,13,19,27H,6,11-12H2,1-3H3/b20-18-. The van der Waals surface area contributed by atoms with Gasteiger partial charge in [0.15, 0.2) is 0 Å². The molecule has 7 nitrogen and oxygen atoms in total. The Morgan fingerprint density at radius 2 is 2.03 bits per heavy atom. The average molecular weight is 430 g/mol. The smallest absolute Gasteiger partial charge is 0.295 e. The van der Waals surface area contributed by atoms with Gasteiger partial charge in [0.05, 0.1) is 23.4 Å². The van der Waals surface area contributed by atoms with E-state index in [9.17, 15) is 14.7 Å². The van der Waals surface area contributed by atoms with Crippen LogP contribution in [-0.4, -0.2) is 65.9 Å². The second-order valence-electron chi connectivity index (χ2n) is 7.25. The third-order valence-electron chi connectivity index (χ3n) is 4.94. The van der Waals surface area contributed by atoms with Gasteiger partial charge in [-0.05, 0) is 57.4 Å². The number of benzene rings is 1. The van der Waals surface area contributed by atoms with Crippen molar-refractivity contribution in [1.29, 1.82) is 0 Å². The number of hydrogen-bond donors (Lipinski definition) is 1. The SMILES string of the molecule is COc1cc(/C(O)=C2/C(=O)C(=O)N(CCCN(C)C)C2c2ccccn2)ccc1Cl. The van der Waals surface area contributed by atoms with Crippen molar-refractivity contribution in [2.24, 2.45) is 0 Å². The lowest BCUT2D eigenvalue weighted by atomic mass is 9.98. The van der Waals surface area contributed by atoms with Crippen molar-refractivity contribution in [3.63, 3.8) is 0 Å². The quantitative estimate of drug-likeness (QED) is 0.413. The molecule has 2 aromatic rings. The molecule has 1 aliphatic rings. The maximum atomic E-state index is 12.9. The number of carbonyl (C=O) groups excluding carboxylic acids is 2. The van der Waals surface area contributed by atoms with Gasteiger partial charge in [0.25, 0.3) is 11.7 Å². The largest absolute Gasteiger partial charge is 0.507 e. The minimum absolute atomic E-state index is 0.00734. The van der Waals surface area contributed by atoms with Gasteiger partial charge in [0.1, 0.15) is 17.6 Å². The number of Topliss-reactive ketones (excluding diaryl/α,β-unsaturated/α-hetero) is 1. The van der Waals surface area contributed by atoms with E-state index in [1.807, 2.05) is 19.0 Å². The lowest BCUT2D eigenvalue weighted by molar-refractivity contribution is -0.140. The number of methoxy groups -OCH3 is 1. The Kier molecular flexibility index (Phi) is 6.74. The molecule has 8 heteroatoms. The van der Waals surface area contributed by atoms with E-state index < -0.39 is 17.7 Å². The number of hydrogen-bond acceptors (Lipinski definition) is 6. The van der Waals surface area contributed by atoms with E-state index in [4.69, 9.17) is 16.3 Å². The maximum Gasteiger partial charge on any atom is 0.295 e. The molecule has 1 aromatic heterocycles. The zero-order chi connectivity index (χ0) is 21.8. The Balaban J connectivity index is 2.09. The number of carbonyl (C=O) groups is 2. The zero-order valence-electron chi connectivity index (χ0n) is 17.1. The molecule has 1 aliphatic heterocycles. The van der Waals surface area contributed by atoms with Gasteiger partial charge in [-0.15, -0.1) is 0 Å². The molecule has 1 amide bonds. The molecule has 3 rings (SSSR count). The zero-order valence-corrected chi connectivity index (χ0v) is 17.9. The molecule has 1 atom stereocenters.